The predicted octanol–water partition coefficient (Wildman–Crippen LogP) is 31.6. The number of aromatic nitrogens is 8. The number of hydrogen-bond acceptors (Lipinski definition) is 8. The Bertz CT molecular complexity index is 5660. The molecule has 8 aromatic carbocycles. The van der Waals surface area contributed by atoms with E-state index in [-0.39, 0.29) is 0 Å². The zero-order valence-electron chi connectivity index (χ0n) is 91.8. The SMILES string of the molecule is CC.CC.CC.CC.CC.CC.CC.CC.CC.CC.CC1=c2c(C)cccc2=CC1.CC1=c2c(C)ccnc2=CC1.CC1=c2c(C)cncc2=CC1.CC1=c2c(C)nccc2=CC1.Cc1cccc2cccc(C)c12.Cc1cccc2ccnc(C)c12.Cc1cccc2cncc(C)c12.Cc1cccc2cncc(C)c12.Cc1cccc2nccc(C)c12.Cc1cccc2nccc(C)c12. The highest BCUT2D eigenvalue weighted by atomic mass is 14.7. The smallest absolute Gasteiger partial charge is 0.0707 e. The van der Waals surface area contributed by atoms with E-state index >= 15 is 0 Å². The lowest BCUT2D eigenvalue weighted by Gasteiger charge is -2.04. The van der Waals surface area contributed by atoms with Gasteiger partial charge >= 0.3 is 0 Å². The van der Waals surface area contributed by atoms with Crippen molar-refractivity contribution in [1.82, 2.24) is 39.9 Å². The molecule has 0 N–H and O–H groups in total. The van der Waals surface area contributed by atoms with Crippen LogP contribution in [-0.2, 0) is 0 Å². The lowest BCUT2D eigenvalue weighted by Crippen LogP contribution is -2.28. The van der Waals surface area contributed by atoms with Crippen molar-refractivity contribution in [1.29, 1.82) is 0 Å². The minimum atomic E-state index is 1.08. The van der Waals surface area contributed by atoms with Crippen LogP contribution in [-0.4, -0.2) is 39.9 Å². The highest BCUT2D eigenvalue weighted by Gasteiger charge is 2.09. The van der Waals surface area contributed by atoms with Gasteiger partial charge in [-0.25, -0.2) is 0 Å². The van der Waals surface area contributed by atoms with Crippen molar-refractivity contribution in [2.75, 3.05) is 0 Å². The van der Waals surface area contributed by atoms with Crippen LogP contribution in [0, 0.1) is 111 Å². The van der Waals surface area contributed by atoms with Gasteiger partial charge in [0.15, 0.2) is 0 Å². The van der Waals surface area contributed by atoms with E-state index in [4.69, 9.17) is 0 Å². The fraction of sp³-hybridized carbons (Fsp3) is 0.344. The number of aryl methyl sites for hydroxylation is 16. The molecule has 0 amide bonds. The van der Waals surface area contributed by atoms with Crippen molar-refractivity contribution in [2.45, 2.75) is 303 Å². The molecule has 16 aromatic rings. The summed E-state index contributed by atoms with van der Waals surface area (Å²) in [5.74, 6) is 0. The van der Waals surface area contributed by atoms with E-state index in [1.807, 2.05) is 219 Å². The Labute approximate surface area is 823 Å². The predicted molar refractivity (Wildman–Crippen MR) is 611 cm³/mol. The van der Waals surface area contributed by atoms with Crippen LogP contribution in [0.1, 0.15) is 281 Å². The van der Waals surface area contributed by atoms with Gasteiger partial charge in [-0.05, 0) is 338 Å². The van der Waals surface area contributed by atoms with Gasteiger partial charge in [-0.2, -0.15) is 0 Å². The topological polar surface area (TPSA) is 103 Å². The van der Waals surface area contributed by atoms with E-state index in [0.29, 0.717) is 0 Å². The minimum absolute atomic E-state index is 1.08. The minimum Gasteiger partial charge on any atom is -0.264 e. The van der Waals surface area contributed by atoms with E-state index in [9.17, 15) is 0 Å². The summed E-state index contributed by atoms with van der Waals surface area (Å²) in [5, 5.41) is 23.9. The first-order valence-corrected chi connectivity index (χ1v) is 50.5. The second-order valence-electron chi connectivity index (χ2n) is 31.2. The monoisotopic (exact) mass is 1820 g/mol. The van der Waals surface area contributed by atoms with Crippen LogP contribution in [0.15, 0.2) is 244 Å². The summed E-state index contributed by atoms with van der Waals surface area (Å²) in [6.45, 7) is 82.7. The summed E-state index contributed by atoms with van der Waals surface area (Å²) in [4.78, 5) is 33.9. The number of nitrogens with zero attached hydrogens (tertiary/aromatic N) is 8. The molecule has 0 saturated carbocycles. The summed E-state index contributed by atoms with van der Waals surface area (Å²) in [6, 6.07) is 61.0. The Hall–Kier alpha value is -12.5. The molecule has 724 valence electrons. The van der Waals surface area contributed by atoms with Gasteiger partial charge in [-0.15, -0.1) is 0 Å². The average Bonchev–Trinajstić information content (AvgIpc) is 1.72. The maximum Gasteiger partial charge on any atom is 0.0707 e. The average molecular weight is 1820 g/mol. The molecule has 136 heavy (non-hydrogen) atoms. The van der Waals surface area contributed by atoms with E-state index in [1.54, 1.807) is 0 Å². The van der Waals surface area contributed by atoms with Gasteiger partial charge in [0.05, 0.1) is 16.4 Å². The molecule has 8 heterocycles. The molecule has 20 rings (SSSR count). The third-order valence-corrected chi connectivity index (χ3v) is 22.3. The molecular formula is C128H172N8. The van der Waals surface area contributed by atoms with Gasteiger partial charge in [-0.1, -0.05) is 319 Å². The van der Waals surface area contributed by atoms with Gasteiger partial charge in [0.1, 0.15) is 0 Å². The highest BCUT2D eigenvalue weighted by Crippen LogP contribution is 2.26. The van der Waals surface area contributed by atoms with Crippen molar-refractivity contribution in [3.63, 3.8) is 0 Å². The van der Waals surface area contributed by atoms with E-state index in [1.165, 1.54) is 196 Å². The maximum absolute atomic E-state index is 4.30. The summed E-state index contributed by atoms with van der Waals surface area (Å²) in [7, 11) is 0. The van der Waals surface area contributed by atoms with Crippen LogP contribution < -0.4 is 41.9 Å². The Morgan fingerprint density at radius 2 is 0.456 bits per heavy atom. The van der Waals surface area contributed by atoms with Crippen LogP contribution in [0.3, 0.4) is 0 Å². The Morgan fingerprint density at radius 1 is 0.176 bits per heavy atom. The van der Waals surface area contributed by atoms with Gasteiger partial charge in [0.25, 0.3) is 0 Å². The molecular weight excluding hydrogens is 1650 g/mol. The lowest BCUT2D eigenvalue weighted by molar-refractivity contribution is 1.15. The lowest BCUT2D eigenvalue weighted by atomic mass is 10.0. The van der Waals surface area contributed by atoms with Gasteiger partial charge in [-0.3, -0.25) is 39.9 Å². The summed E-state index contributed by atoms with van der Waals surface area (Å²) >= 11 is 0. The Kier molecular flexibility index (Phi) is 60.4. The van der Waals surface area contributed by atoms with Crippen molar-refractivity contribution in [3.05, 3.63) is 375 Å². The number of pyridine rings is 8. The third-order valence-electron chi connectivity index (χ3n) is 22.3. The first-order chi connectivity index (χ1) is 65.9. The van der Waals surface area contributed by atoms with E-state index in [0.717, 1.165) is 48.1 Å². The molecule has 4 aliphatic carbocycles. The molecule has 0 aliphatic heterocycles. The molecule has 8 heteroatoms. The molecule has 8 aromatic heterocycles. The quantitative estimate of drug-likeness (QED) is 0.148. The maximum atomic E-state index is 4.30. The van der Waals surface area contributed by atoms with Crippen molar-refractivity contribution in [3.8, 4) is 0 Å². The van der Waals surface area contributed by atoms with Gasteiger partial charge in [0.2, 0.25) is 0 Å². The molecule has 0 fully saturated rings. The Morgan fingerprint density at radius 3 is 0.846 bits per heavy atom. The van der Waals surface area contributed by atoms with Crippen molar-refractivity contribution in [2.24, 2.45) is 0 Å². The fourth-order valence-corrected chi connectivity index (χ4v) is 16.6. The number of fused-ring (bicyclic) bond motifs is 10. The number of benzene rings is 8. The van der Waals surface area contributed by atoms with Crippen LogP contribution in [0.25, 0.3) is 111 Å². The zero-order chi connectivity index (χ0) is 103. The first kappa shape index (κ1) is 121. The molecule has 0 bridgehead atoms. The number of hydrogen-bond donors (Lipinski definition) is 0. The van der Waals surface area contributed by atoms with Crippen LogP contribution >= 0.6 is 0 Å². The normalized spacial score (nSPS) is 10.7. The first-order valence-electron chi connectivity index (χ1n) is 50.5. The van der Waals surface area contributed by atoms with E-state index in [2.05, 4.69) is 366 Å². The molecule has 0 spiro atoms. The van der Waals surface area contributed by atoms with Crippen molar-refractivity contribution < 1.29 is 0 Å². The molecule has 8 nitrogen and oxygen atoms in total. The van der Waals surface area contributed by atoms with Crippen LogP contribution in [0.5, 0.6) is 0 Å². The fourth-order valence-electron chi connectivity index (χ4n) is 16.6. The molecule has 0 saturated heterocycles. The van der Waals surface area contributed by atoms with Crippen molar-refractivity contribution >= 4 is 111 Å². The second kappa shape index (κ2) is 67.6. The number of rotatable bonds is 0. The molecule has 4 aliphatic rings. The standard InChI is InChI=1S/C12H12.5C11H11N.C11H12.3C10H11N.10C2H6/c1-9-5-3-7-11-8-4-6-10(2)12(9)11;2*1-8-4-3-5-10-7-12-6-9(2)11(8)10;1-8-4-3-5-10-6-7-12-9(2)11(8)10;2*1-8-4-3-5-10-11(8)9(2)6-7-12-10;1-8-4-3-5-10-7-6-9(2)11(8)10;1-7-3-4-9-6-11-5-8(2)10(7)9;1-7-3-4-9-5-6-11-8(2)10(7)9;1-7-3-4-9-10(7)8(2)5-6-11-9;10*1-2/h3-8H,1-2H3;5*3-7H,1-2H3;3-5,7H,6H2,1-2H3;3*4-6H,3H2,1-2H3;10*1-2H3. The van der Waals surface area contributed by atoms with Gasteiger partial charge < -0.3 is 0 Å². The summed E-state index contributed by atoms with van der Waals surface area (Å²) < 4.78 is 0. The highest BCUT2D eigenvalue weighted by molar-refractivity contribution is 5.91. The second-order valence-corrected chi connectivity index (χ2v) is 31.2. The largest absolute Gasteiger partial charge is 0.264 e. The molecule has 0 radical (unpaired) electrons. The van der Waals surface area contributed by atoms with Gasteiger partial charge in [0, 0.05) is 117 Å². The zero-order valence-corrected chi connectivity index (χ0v) is 91.8. The molecule has 0 atom stereocenters. The van der Waals surface area contributed by atoms with Crippen LogP contribution in [0.2, 0.25) is 0 Å². The van der Waals surface area contributed by atoms with E-state index < -0.39 is 0 Å². The third kappa shape index (κ3) is 35.3. The Balaban J connectivity index is 0.000000740. The summed E-state index contributed by atoms with van der Waals surface area (Å²) in [5.41, 5.74) is 28.8. The molecule has 0 unspecified atom stereocenters. The van der Waals surface area contributed by atoms with Crippen LogP contribution in [0.4, 0.5) is 0 Å². The summed E-state index contributed by atoms with van der Waals surface area (Å²) in [6.07, 6.45) is 34.3.